The minimum Gasteiger partial charge on any atom is -0.356 e. The molecule has 0 unspecified atom stereocenters. The number of hydrogen-bond acceptors (Lipinski definition) is 3. The first-order chi connectivity index (χ1) is 11.1. The first kappa shape index (κ1) is 17.0. The van der Waals surface area contributed by atoms with Crippen molar-refractivity contribution >= 4 is 5.96 Å². The average Bonchev–Trinajstić information content (AvgIpc) is 3.03. The van der Waals surface area contributed by atoms with Crippen molar-refractivity contribution in [1.29, 1.82) is 0 Å². The highest BCUT2D eigenvalue weighted by atomic mass is 15.3. The van der Waals surface area contributed by atoms with Gasteiger partial charge in [0.2, 0.25) is 0 Å². The van der Waals surface area contributed by atoms with Gasteiger partial charge in [0, 0.05) is 25.6 Å². The van der Waals surface area contributed by atoms with Crippen molar-refractivity contribution < 1.29 is 0 Å². The molecule has 2 N–H and O–H groups in total. The fourth-order valence-electron chi connectivity index (χ4n) is 2.36. The van der Waals surface area contributed by atoms with Crippen LogP contribution in [0.5, 0.6) is 0 Å². The molecule has 2 rings (SSSR count). The van der Waals surface area contributed by atoms with Crippen molar-refractivity contribution in [2.24, 2.45) is 4.99 Å². The van der Waals surface area contributed by atoms with Crippen LogP contribution in [-0.2, 0) is 18.5 Å². The van der Waals surface area contributed by atoms with Gasteiger partial charge in [0.05, 0.1) is 6.54 Å². The number of benzene rings is 1. The predicted octanol–water partition coefficient (Wildman–Crippen LogP) is 1.94. The average molecular weight is 314 g/mol. The Hall–Kier alpha value is -2.37. The van der Waals surface area contributed by atoms with Crippen LogP contribution in [-0.4, -0.2) is 34.3 Å². The fraction of sp³-hybridized carbons (Fsp3) is 0.471. The van der Waals surface area contributed by atoms with Crippen molar-refractivity contribution in [2.75, 3.05) is 13.6 Å². The minimum atomic E-state index is 0.0162. The molecule has 124 valence electrons. The molecule has 0 amide bonds. The molecule has 2 aromatic rings. The highest BCUT2D eigenvalue weighted by Crippen LogP contribution is 2.21. The maximum atomic E-state index is 4.28. The molecule has 0 fully saturated rings. The molecule has 6 heteroatoms. The number of nitrogens with one attached hydrogen (secondary N) is 2. The van der Waals surface area contributed by atoms with Crippen LogP contribution in [0.4, 0.5) is 0 Å². The number of aryl methyl sites for hydroxylation is 1. The third kappa shape index (κ3) is 4.55. The van der Waals surface area contributed by atoms with Crippen molar-refractivity contribution in [3.05, 3.63) is 48.0 Å². The number of hydrogen-bond donors (Lipinski definition) is 2. The normalized spacial score (nSPS) is 12.3. The summed E-state index contributed by atoms with van der Waals surface area (Å²) in [6.07, 6.45) is 1.74. The smallest absolute Gasteiger partial charge is 0.191 e. The lowest BCUT2D eigenvalue weighted by Crippen LogP contribution is -2.43. The van der Waals surface area contributed by atoms with Crippen molar-refractivity contribution in [3.63, 3.8) is 0 Å². The van der Waals surface area contributed by atoms with Crippen molar-refractivity contribution in [1.82, 2.24) is 25.4 Å². The van der Waals surface area contributed by atoms with Gasteiger partial charge in [-0.2, -0.15) is 0 Å². The largest absolute Gasteiger partial charge is 0.356 e. The van der Waals surface area contributed by atoms with E-state index >= 15 is 0 Å². The van der Waals surface area contributed by atoms with Gasteiger partial charge in [-0.15, -0.1) is 10.2 Å². The minimum absolute atomic E-state index is 0.0162. The number of guanidine groups is 1. The molecule has 0 saturated carbocycles. The molecule has 0 spiro atoms. The lowest BCUT2D eigenvalue weighted by Gasteiger charge is -2.26. The molecule has 0 bridgehead atoms. The first-order valence-electron chi connectivity index (χ1n) is 7.93. The Morgan fingerprint density at radius 2 is 1.96 bits per heavy atom. The van der Waals surface area contributed by atoms with Gasteiger partial charge in [-0.1, -0.05) is 44.2 Å². The van der Waals surface area contributed by atoms with E-state index < -0.39 is 0 Å². The SMILES string of the molecule is CCn1cnnc1CNC(=NC)NCC(C)(C)c1ccccc1. The zero-order valence-electron chi connectivity index (χ0n) is 14.4. The second-order valence-electron chi connectivity index (χ2n) is 6.06. The van der Waals surface area contributed by atoms with Gasteiger partial charge in [-0.05, 0) is 12.5 Å². The van der Waals surface area contributed by atoms with Crippen molar-refractivity contribution in [2.45, 2.75) is 39.3 Å². The van der Waals surface area contributed by atoms with Crippen LogP contribution in [0.25, 0.3) is 0 Å². The molecule has 1 aromatic carbocycles. The molecule has 6 nitrogen and oxygen atoms in total. The molecule has 1 heterocycles. The fourth-order valence-corrected chi connectivity index (χ4v) is 2.36. The van der Waals surface area contributed by atoms with Crippen LogP contribution in [0.2, 0.25) is 0 Å². The van der Waals surface area contributed by atoms with Crippen molar-refractivity contribution in [3.8, 4) is 0 Å². The second-order valence-corrected chi connectivity index (χ2v) is 6.06. The van der Waals surface area contributed by atoms with Gasteiger partial charge in [-0.3, -0.25) is 4.99 Å². The summed E-state index contributed by atoms with van der Waals surface area (Å²) in [6.45, 7) is 8.75. The van der Waals surface area contributed by atoms with E-state index in [9.17, 15) is 0 Å². The molecule has 0 saturated heterocycles. The van der Waals surface area contributed by atoms with Gasteiger partial charge in [-0.25, -0.2) is 0 Å². The number of rotatable bonds is 6. The zero-order valence-corrected chi connectivity index (χ0v) is 14.4. The summed E-state index contributed by atoms with van der Waals surface area (Å²) in [5, 5.41) is 14.7. The predicted molar refractivity (Wildman–Crippen MR) is 93.4 cm³/mol. The van der Waals surface area contributed by atoms with Crippen LogP contribution in [0.3, 0.4) is 0 Å². The summed E-state index contributed by atoms with van der Waals surface area (Å²) in [7, 11) is 1.77. The summed E-state index contributed by atoms with van der Waals surface area (Å²) >= 11 is 0. The standard InChI is InChI=1S/C17H26N6/c1-5-23-13-21-22-15(23)11-19-16(18-4)20-12-17(2,3)14-9-7-6-8-10-14/h6-10,13H,5,11-12H2,1-4H3,(H2,18,19,20). The summed E-state index contributed by atoms with van der Waals surface area (Å²) in [5.41, 5.74) is 1.32. The monoisotopic (exact) mass is 314 g/mol. The molecule has 1 aromatic heterocycles. The van der Waals surface area contributed by atoms with E-state index in [1.165, 1.54) is 5.56 Å². The van der Waals surface area contributed by atoms with E-state index in [2.05, 4.69) is 70.9 Å². The van der Waals surface area contributed by atoms with E-state index in [0.717, 1.165) is 24.9 Å². The van der Waals surface area contributed by atoms with Gasteiger partial charge in [0.25, 0.3) is 0 Å². The lowest BCUT2D eigenvalue weighted by atomic mass is 9.85. The molecule has 0 aliphatic rings. The Bertz CT molecular complexity index is 630. The van der Waals surface area contributed by atoms with Crippen LogP contribution in [0, 0.1) is 0 Å². The number of nitrogens with zero attached hydrogens (tertiary/aromatic N) is 4. The summed E-state index contributed by atoms with van der Waals surface area (Å²) in [6, 6.07) is 10.5. The van der Waals surface area contributed by atoms with Gasteiger partial charge < -0.3 is 15.2 Å². The Balaban J connectivity index is 1.90. The third-order valence-corrected chi connectivity index (χ3v) is 3.93. The summed E-state index contributed by atoms with van der Waals surface area (Å²) in [5.74, 6) is 1.66. The van der Waals surface area contributed by atoms with E-state index in [1.807, 2.05) is 10.6 Å². The zero-order chi connectivity index (χ0) is 16.7. The van der Waals surface area contributed by atoms with Gasteiger partial charge in [0.1, 0.15) is 6.33 Å². The Kier molecular flexibility index (Phi) is 5.73. The number of aromatic nitrogens is 3. The summed E-state index contributed by atoms with van der Waals surface area (Å²) in [4.78, 5) is 4.28. The Morgan fingerprint density at radius 3 is 2.61 bits per heavy atom. The Morgan fingerprint density at radius 1 is 1.22 bits per heavy atom. The van der Waals surface area contributed by atoms with Gasteiger partial charge >= 0.3 is 0 Å². The van der Waals surface area contributed by atoms with E-state index in [0.29, 0.717) is 6.54 Å². The van der Waals surface area contributed by atoms with E-state index in [-0.39, 0.29) is 5.41 Å². The lowest BCUT2D eigenvalue weighted by molar-refractivity contribution is 0.508. The van der Waals surface area contributed by atoms with Crippen LogP contribution < -0.4 is 10.6 Å². The molecule has 23 heavy (non-hydrogen) atoms. The molecule has 0 atom stereocenters. The Labute approximate surface area is 138 Å². The summed E-state index contributed by atoms with van der Waals surface area (Å²) < 4.78 is 2.01. The highest BCUT2D eigenvalue weighted by molar-refractivity contribution is 5.79. The third-order valence-electron chi connectivity index (χ3n) is 3.93. The number of aliphatic imine (C=N–C) groups is 1. The highest BCUT2D eigenvalue weighted by Gasteiger charge is 2.20. The van der Waals surface area contributed by atoms with Crippen LogP contribution >= 0.6 is 0 Å². The van der Waals surface area contributed by atoms with Crippen LogP contribution in [0.1, 0.15) is 32.2 Å². The topological polar surface area (TPSA) is 67.1 Å². The van der Waals surface area contributed by atoms with E-state index in [1.54, 1.807) is 13.4 Å². The van der Waals surface area contributed by atoms with Crippen LogP contribution in [0.15, 0.2) is 41.7 Å². The molecule has 0 aliphatic heterocycles. The molecule has 0 radical (unpaired) electrons. The molecular formula is C17H26N6. The van der Waals surface area contributed by atoms with Gasteiger partial charge in [0.15, 0.2) is 11.8 Å². The maximum Gasteiger partial charge on any atom is 0.191 e. The second kappa shape index (κ2) is 7.76. The first-order valence-corrected chi connectivity index (χ1v) is 7.93. The van der Waals surface area contributed by atoms with E-state index in [4.69, 9.17) is 0 Å². The molecular weight excluding hydrogens is 288 g/mol. The quantitative estimate of drug-likeness (QED) is 0.632. The maximum absolute atomic E-state index is 4.28. The molecule has 0 aliphatic carbocycles.